The van der Waals surface area contributed by atoms with E-state index in [0.29, 0.717) is 22.9 Å². The molecule has 1 heterocycles. The van der Waals surface area contributed by atoms with Gasteiger partial charge in [-0.15, -0.1) is 0 Å². The number of nitrogens with zero attached hydrogens (tertiary/aromatic N) is 2. The average molecular weight is 431 g/mol. The highest BCUT2D eigenvalue weighted by Crippen LogP contribution is 2.33. The maximum absolute atomic E-state index is 12.9. The number of H-pyrrole nitrogens is 1. The summed E-state index contributed by atoms with van der Waals surface area (Å²) in [5.41, 5.74) is 5.74. The molecule has 0 atom stereocenters. The molecule has 32 heavy (non-hydrogen) atoms. The van der Waals surface area contributed by atoms with Gasteiger partial charge in [-0.2, -0.15) is 0 Å². The Hall–Kier alpha value is -4.00. The number of aromatic nitrogens is 2. The van der Waals surface area contributed by atoms with Gasteiger partial charge in [0.05, 0.1) is 25.3 Å². The zero-order valence-corrected chi connectivity index (χ0v) is 18.8. The molecule has 0 bridgehead atoms. The summed E-state index contributed by atoms with van der Waals surface area (Å²) < 4.78 is 10.8. The summed E-state index contributed by atoms with van der Waals surface area (Å²) in [4.78, 5) is 22.9. The fourth-order valence-electron chi connectivity index (χ4n) is 3.50. The van der Waals surface area contributed by atoms with E-state index in [1.165, 1.54) is 0 Å². The standard InChI is InChI=1S/C25H26N4O3/c1-15-9-10-16(24-26-20-13-22(31-4)23(32-5)14-21(20)27-24)12-19(15)28-25(30)17-7-6-8-18(11-17)29(2)3/h6-14H,1-5H3,(H,26,27)(H,28,30). The van der Waals surface area contributed by atoms with Crippen LogP contribution in [0.15, 0.2) is 54.6 Å². The molecule has 0 saturated heterocycles. The first-order valence-corrected chi connectivity index (χ1v) is 10.2. The number of nitrogens with one attached hydrogen (secondary N) is 2. The van der Waals surface area contributed by atoms with E-state index in [-0.39, 0.29) is 5.91 Å². The predicted molar refractivity (Wildman–Crippen MR) is 128 cm³/mol. The Labute approximate surface area is 187 Å². The molecule has 164 valence electrons. The van der Waals surface area contributed by atoms with Crippen molar-refractivity contribution < 1.29 is 14.3 Å². The third-order valence-electron chi connectivity index (χ3n) is 5.37. The van der Waals surface area contributed by atoms with Crippen LogP contribution in [0.25, 0.3) is 22.4 Å². The fraction of sp³-hybridized carbons (Fsp3) is 0.200. The van der Waals surface area contributed by atoms with Crippen molar-refractivity contribution in [3.05, 3.63) is 65.7 Å². The van der Waals surface area contributed by atoms with Crippen LogP contribution in [0.4, 0.5) is 11.4 Å². The van der Waals surface area contributed by atoms with Crippen LogP contribution in [0.2, 0.25) is 0 Å². The summed E-state index contributed by atoms with van der Waals surface area (Å²) in [7, 11) is 7.09. The molecule has 1 amide bonds. The van der Waals surface area contributed by atoms with E-state index in [9.17, 15) is 4.79 Å². The number of carbonyl (C=O) groups is 1. The molecule has 0 aliphatic heterocycles. The van der Waals surface area contributed by atoms with E-state index in [4.69, 9.17) is 14.5 Å². The number of aromatic amines is 1. The van der Waals surface area contributed by atoms with Crippen molar-refractivity contribution in [3.63, 3.8) is 0 Å². The number of methoxy groups -OCH3 is 2. The zero-order chi connectivity index (χ0) is 22.8. The lowest BCUT2D eigenvalue weighted by atomic mass is 10.1. The first-order valence-electron chi connectivity index (χ1n) is 10.2. The number of imidazole rings is 1. The summed E-state index contributed by atoms with van der Waals surface area (Å²) in [6.07, 6.45) is 0. The van der Waals surface area contributed by atoms with Crippen molar-refractivity contribution in [3.8, 4) is 22.9 Å². The van der Waals surface area contributed by atoms with E-state index in [1.807, 2.05) is 80.5 Å². The number of rotatable bonds is 6. The van der Waals surface area contributed by atoms with Crippen molar-refractivity contribution in [2.75, 3.05) is 38.5 Å². The minimum absolute atomic E-state index is 0.159. The highest BCUT2D eigenvalue weighted by Gasteiger charge is 2.14. The first kappa shape index (κ1) is 21.2. The number of hydrogen-bond acceptors (Lipinski definition) is 5. The Morgan fingerprint density at radius 1 is 1.00 bits per heavy atom. The van der Waals surface area contributed by atoms with Gasteiger partial charge in [-0.1, -0.05) is 18.2 Å². The Kier molecular flexibility index (Phi) is 5.73. The van der Waals surface area contributed by atoms with Gasteiger partial charge in [0.2, 0.25) is 0 Å². The molecular formula is C25H26N4O3. The van der Waals surface area contributed by atoms with Crippen LogP contribution in [-0.4, -0.2) is 44.2 Å². The van der Waals surface area contributed by atoms with Gasteiger partial charge in [-0.25, -0.2) is 4.98 Å². The number of benzene rings is 3. The Bertz CT molecular complexity index is 1250. The van der Waals surface area contributed by atoms with Gasteiger partial charge >= 0.3 is 0 Å². The van der Waals surface area contributed by atoms with E-state index in [2.05, 4.69) is 10.3 Å². The van der Waals surface area contributed by atoms with Crippen LogP contribution in [-0.2, 0) is 0 Å². The van der Waals surface area contributed by atoms with Crippen LogP contribution in [0.1, 0.15) is 15.9 Å². The van der Waals surface area contributed by atoms with Crippen LogP contribution in [0.3, 0.4) is 0 Å². The van der Waals surface area contributed by atoms with Gasteiger partial charge in [0.15, 0.2) is 11.5 Å². The number of amides is 1. The van der Waals surface area contributed by atoms with Crippen LogP contribution in [0.5, 0.6) is 11.5 Å². The molecule has 0 spiro atoms. The summed E-state index contributed by atoms with van der Waals surface area (Å²) in [5, 5.41) is 3.03. The molecule has 3 aromatic carbocycles. The molecule has 0 aliphatic carbocycles. The minimum atomic E-state index is -0.159. The lowest BCUT2D eigenvalue weighted by Gasteiger charge is -2.14. The van der Waals surface area contributed by atoms with E-state index >= 15 is 0 Å². The number of anilines is 2. The van der Waals surface area contributed by atoms with Crippen molar-refractivity contribution in [1.82, 2.24) is 9.97 Å². The van der Waals surface area contributed by atoms with Crippen molar-refractivity contribution in [2.24, 2.45) is 0 Å². The van der Waals surface area contributed by atoms with E-state index < -0.39 is 0 Å². The van der Waals surface area contributed by atoms with Crippen LogP contribution >= 0.6 is 0 Å². The second kappa shape index (κ2) is 8.63. The highest BCUT2D eigenvalue weighted by atomic mass is 16.5. The lowest BCUT2D eigenvalue weighted by molar-refractivity contribution is 0.102. The number of fused-ring (bicyclic) bond motifs is 1. The van der Waals surface area contributed by atoms with Crippen molar-refractivity contribution in [2.45, 2.75) is 6.92 Å². The third-order valence-corrected chi connectivity index (χ3v) is 5.37. The van der Waals surface area contributed by atoms with Crippen molar-refractivity contribution in [1.29, 1.82) is 0 Å². The monoisotopic (exact) mass is 430 g/mol. The Morgan fingerprint density at radius 2 is 1.75 bits per heavy atom. The molecule has 0 radical (unpaired) electrons. The topological polar surface area (TPSA) is 79.5 Å². The molecule has 0 unspecified atom stereocenters. The Balaban J connectivity index is 1.65. The number of hydrogen-bond donors (Lipinski definition) is 2. The third kappa shape index (κ3) is 4.09. The predicted octanol–water partition coefficient (Wildman–Crippen LogP) is 4.87. The number of ether oxygens (including phenoxy) is 2. The average Bonchev–Trinajstić information content (AvgIpc) is 3.22. The summed E-state index contributed by atoms with van der Waals surface area (Å²) >= 11 is 0. The van der Waals surface area contributed by atoms with Gasteiger partial charge < -0.3 is 24.7 Å². The maximum Gasteiger partial charge on any atom is 0.255 e. The van der Waals surface area contributed by atoms with E-state index in [0.717, 1.165) is 33.5 Å². The van der Waals surface area contributed by atoms with Gasteiger partial charge in [-0.3, -0.25) is 4.79 Å². The van der Waals surface area contributed by atoms with Crippen LogP contribution in [0, 0.1) is 6.92 Å². The molecular weight excluding hydrogens is 404 g/mol. The molecule has 1 aromatic heterocycles. The molecule has 7 nitrogen and oxygen atoms in total. The first-order chi connectivity index (χ1) is 15.4. The van der Waals surface area contributed by atoms with E-state index in [1.54, 1.807) is 14.2 Å². The molecule has 7 heteroatoms. The van der Waals surface area contributed by atoms with Gasteiger partial charge in [0, 0.05) is 48.7 Å². The summed E-state index contributed by atoms with van der Waals surface area (Å²) in [6.45, 7) is 1.96. The smallest absolute Gasteiger partial charge is 0.255 e. The lowest BCUT2D eigenvalue weighted by Crippen LogP contribution is -2.14. The second-order valence-corrected chi connectivity index (χ2v) is 7.74. The normalized spacial score (nSPS) is 10.8. The highest BCUT2D eigenvalue weighted by molar-refractivity contribution is 6.05. The maximum atomic E-state index is 12.9. The van der Waals surface area contributed by atoms with Crippen LogP contribution < -0.4 is 19.7 Å². The molecule has 2 N–H and O–H groups in total. The second-order valence-electron chi connectivity index (χ2n) is 7.74. The van der Waals surface area contributed by atoms with Gasteiger partial charge in [0.25, 0.3) is 5.91 Å². The SMILES string of the molecule is COc1cc2nc(-c3ccc(C)c(NC(=O)c4cccc(N(C)C)c4)c3)[nH]c2cc1OC. The molecule has 0 aliphatic rings. The van der Waals surface area contributed by atoms with Gasteiger partial charge in [-0.05, 0) is 36.8 Å². The molecule has 0 saturated carbocycles. The molecule has 4 rings (SSSR count). The largest absolute Gasteiger partial charge is 0.493 e. The van der Waals surface area contributed by atoms with Gasteiger partial charge in [0.1, 0.15) is 5.82 Å². The molecule has 0 fully saturated rings. The minimum Gasteiger partial charge on any atom is -0.493 e. The number of carbonyl (C=O) groups excluding carboxylic acids is 1. The zero-order valence-electron chi connectivity index (χ0n) is 18.8. The molecule has 4 aromatic rings. The summed E-state index contributed by atoms with van der Waals surface area (Å²) in [6, 6.07) is 17.1. The fourth-order valence-corrected chi connectivity index (χ4v) is 3.50. The summed E-state index contributed by atoms with van der Waals surface area (Å²) in [5.74, 6) is 1.79. The number of aryl methyl sites for hydroxylation is 1. The Morgan fingerprint density at radius 3 is 2.47 bits per heavy atom. The van der Waals surface area contributed by atoms with Crippen molar-refractivity contribution >= 4 is 28.3 Å². The quantitative estimate of drug-likeness (QED) is 0.456.